The Hall–Kier alpha value is -3.35. The summed E-state index contributed by atoms with van der Waals surface area (Å²) >= 11 is 0. The highest BCUT2D eigenvalue weighted by molar-refractivity contribution is 5.94. The Morgan fingerprint density at radius 3 is 2.38 bits per heavy atom. The molecule has 0 radical (unpaired) electrons. The van der Waals surface area contributed by atoms with Gasteiger partial charge in [0, 0.05) is 25.2 Å². The maximum atomic E-state index is 12.9. The Balaban J connectivity index is 1.45. The number of para-hydroxylation sites is 1. The number of hydrogen-bond acceptors (Lipinski definition) is 5. The van der Waals surface area contributed by atoms with E-state index in [1.807, 2.05) is 54.6 Å². The lowest BCUT2D eigenvalue weighted by Crippen LogP contribution is -2.43. The number of benzene rings is 3. The summed E-state index contributed by atoms with van der Waals surface area (Å²) in [5.41, 5.74) is 1.70. The molecule has 3 aromatic carbocycles. The summed E-state index contributed by atoms with van der Waals surface area (Å²) in [6.07, 6.45) is 0. The second-order valence-electron chi connectivity index (χ2n) is 7.59. The summed E-state index contributed by atoms with van der Waals surface area (Å²) in [4.78, 5) is 15.3. The van der Waals surface area contributed by atoms with E-state index in [2.05, 4.69) is 22.3 Å². The van der Waals surface area contributed by atoms with Crippen molar-refractivity contribution in [3.63, 3.8) is 0 Å². The summed E-state index contributed by atoms with van der Waals surface area (Å²) in [5, 5.41) is 3.11. The summed E-state index contributed by atoms with van der Waals surface area (Å²) in [5.74, 6) is 2.05. The van der Waals surface area contributed by atoms with Crippen molar-refractivity contribution in [2.45, 2.75) is 6.04 Å². The minimum Gasteiger partial charge on any atom is -0.497 e. The molecule has 1 saturated heterocycles. The maximum Gasteiger partial charge on any atom is 0.251 e. The van der Waals surface area contributed by atoms with Gasteiger partial charge in [-0.1, -0.05) is 36.4 Å². The van der Waals surface area contributed by atoms with Crippen LogP contribution >= 0.6 is 0 Å². The molecule has 0 saturated carbocycles. The molecule has 0 spiro atoms. The fraction of sp³-hybridized carbons (Fsp3) is 0.269. The Morgan fingerprint density at radius 2 is 1.66 bits per heavy atom. The Labute approximate surface area is 188 Å². The van der Waals surface area contributed by atoms with Gasteiger partial charge in [0.25, 0.3) is 5.91 Å². The Morgan fingerprint density at radius 1 is 0.938 bits per heavy atom. The first kappa shape index (κ1) is 21.9. The number of rotatable bonds is 8. The van der Waals surface area contributed by atoms with Gasteiger partial charge in [0.05, 0.1) is 26.4 Å². The van der Waals surface area contributed by atoms with E-state index >= 15 is 0 Å². The molecule has 0 bridgehead atoms. The van der Waals surface area contributed by atoms with E-state index in [4.69, 9.17) is 14.2 Å². The van der Waals surface area contributed by atoms with Crippen LogP contribution in [0.1, 0.15) is 22.0 Å². The van der Waals surface area contributed by atoms with Crippen LogP contribution in [0.25, 0.3) is 0 Å². The summed E-state index contributed by atoms with van der Waals surface area (Å²) in [6.45, 7) is 3.54. The molecule has 1 amide bonds. The second kappa shape index (κ2) is 10.8. The molecule has 0 aliphatic carbocycles. The monoisotopic (exact) mass is 432 g/mol. The van der Waals surface area contributed by atoms with E-state index in [1.54, 1.807) is 19.2 Å². The second-order valence-corrected chi connectivity index (χ2v) is 7.59. The van der Waals surface area contributed by atoms with Crippen LogP contribution in [-0.4, -0.2) is 50.8 Å². The van der Waals surface area contributed by atoms with Gasteiger partial charge in [-0.15, -0.1) is 0 Å². The largest absolute Gasteiger partial charge is 0.497 e. The fourth-order valence-corrected chi connectivity index (χ4v) is 3.79. The third-order valence-electron chi connectivity index (χ3n) is 5.52. The number of ether oxygens (including phenoxy) is 3. The first-order valence-corrected chi connectivity index (χ1v) is 10.8. The van der Waals surface area contributed by atoms with E-state index in [0.717, 1.165) is 30.2 Å². The lowest BCUT2D eigenvalue weighted by Gasteiger charge is -2.35. The number of hydrogen-bond donors (Lipinski definition) is 1. The smallest absolute Gasteiger partial charge is 0.251 e. The standard InChI is InChI=1S/C26H28N2O4/c1-30-22-12-10-20(11-13-22)25(28-14-16-31-17-15-28)19-27-26(29)21-6-5-9-24(18-21)32-23-7-3-2-4-8-23/h2-13,18,25H,14-17,19H2,1H3,(H,27,29)/t25-/m0/s1. The van der Waals surface area contributed by atoms with Gasteiger partial charge in [0.1, 0.15) is 17.2 Å². The van der Waals surface area contributed by atoms with E-state index < -0.39 is 0 Å². The van der Waals surface area contributed by atoms with Crippen molar-refractivity contribution in [2.24, 2.45) is 0 Å². The minimum atomic E-state index is -0.129. The predicted octanol–water partition coefficient (Wildman–Crippen LogP) is 4.29. The molecule has 0 aromatic heterocycles. The van der Waals surface area contributed by atoms with E-state index in [-0.39, 0.29) is 11.9 Å². The topological polar surface area (TPSA) is 60.0 Å². The lowest BCUT2D eigenvalue weighted by atomic mass is 10.0. The highest BCUT2D eigenvalue weighted by Gasteiger charge is 2.23. The number of nitrogens with zero attached hydrogens (tertiary/aromatic N) is 1. The van der Waals surface area contributed by atoms with Crippen molar-refractivity contribution >= 4 is 5.91 Å². The predicted molar refractivity (Wildman–Crippen MR) is 123 cm³/mol. The zero-order chi connectivity index (χ0) is 22.2. The van der Waals surface area contributed by atoms with Crippen LogP contribution in [0.2, 0.25) is 0 Å². The van der Waals surface area contributed by atoms with Crippen LogP contribution in [0.4, 0.5) is 0 Å². The summed E-state index contributed by atoms with van der Waals surface area (Å²) in [7, 11) is 1.66. The molecule has 6 heteroatoms. The molecule has 1 fully saturated rings. The van der Waals surface area contributed by atoms with Gasteiger partial charge in [0.15, 0.2) is 0 Å². The van der Waals surface area contributed by atoms with E-state index in [1.165, 1.54) is 0 Å². The molecule has 4 rings (SSSR count). The first-order chi connectivity index (χ1) is 15.7. The molecule has 1 aliphatic rings. The normalized spacial score (nSPS) is 15.0. The van der Waals surface area contributed by atoms with Crippen LogP contribution in [0, 0.1) is 0 Å². The van der Waals surface area contributed by atoms with Crippen molar-refractivity contribution in [2.75, 3.05) is 40.0 Å². The van der Waals surface area contributed by atoms with Gasteiger partial charge in [-0.2, -0.15) is 0 Å². The zero-order valence-electron chi connectivity index (χ0n) is 18.2. The van der Waals surface area contributed by atoms with Gasteiger partial charge in [-0.25, -0.2) is 0 Å². The summed E-state index contributed by atoms with van der Waals surface area (Å²) in [6, 6.07) is 24.8. The average molecular weight is 433 g/mol. The number of methoxy groups -OCH3 is 1. The number of nitrogens with one attached hydrogen (secondary N) is 1. The van der Waals surface area contributed by atoms with Crippen LogP contribution in [0.3, 0.4) is 0 Å². The molecular formula is C26H28N2O4. The zero-order valence-corrected chi connectivity index (χ0v) is 18.2. The van der Waals surface area contributed by atoms with Crippen LogP contribution in [-0.2, 0) is 4.74 Å². The van der Waals surface area contributed by atoms with Crippen LogP contribution in [0.5, 0.6) is 17.2 Å². The summed E-state index contributed by atoms with van der Waals surface area (Å²) < 4.78 is 16.7. The lowest BCUT2D eigenvalue weighted by molar-refractivity contribution is 0.0162. The van der Waals surface area contributed by atoms with Gasteiger partial charge in [-0.3, -0.25) is 9.69 Å². The third kappa shape index (κ3) is 5.66. The highest BCUT2D eigenvalue weighted by atomic mass is 16.5. The average Bonchev–Trinajstić information content (AvgIpc) is 2.86. The minimum absolute atomic E-state index is 0.0532. The molecule has 0 unspecified atom stereocenters. The Kier molecular flexibility index (Phi) is 7.38. The van der Waals surface area contributed by atoms with Crippen LogP contribution < -0.4 is 14.8 Å². The third-order valence-corrected chi connectivity index (χ3v) is 5.52. The molecule has 1 atom stereocenters. The van der Waals surface area contributed by atoms with Crippen molar-refractivity contribution in [1.29, 1.82) is 0 Å². The molecule has 1 aliphatic heterocycles. The van der Waals surface area contributed by atoms with Crippen LogP contribution in [0.15, 0.2) is 78.9 Å². The molecule has 1 heterocycles. The molecule has 1 N–H and O–H groups in total. The van der Waals surface area contributed by atoms with E-state index in [0.29, 0.717) is 31.1 Å². The fourth-order valence-electron chi connectivity index (χ4n) is 3.79. The van der Waals surface area contributed by atoms with E-state index in [9.17, 15) is 4.79 Å². The van der Waals surface area contributed by atoms with Crippen molar-refractivity contribution < 1.29 is 19.0 Å². The van der Waals surface area contributed by atoms with Gasteiger partial charge >= 0.3 is 0 Å². The number of morpholine rings is 1. The molecule has 166 valence electrons. The Bertz CT molecular complexity index is 1000. The van der Waals surface area contributed by atoms with Crippen molar-refractivity contribution in [3.05, 3.63) is 90.0 Å². The molecule has 6 nitrogen and oxygen atoms in total. The molecule has 3 aromatic rings. The van der Waals surface area contributed by atoms with Crippen molar-refractivity contribution in [3.8, 4) is 17.2 Å². The van der Waals surface area contributed by atoms with Gasteiger partial charge < -0.3 is 19.5 Å². The maximum absolute atomic E-state index is 12.9. The number of carbonyl (C=O) groups excluding carboxylic acids is 1. The highest BCUT2D eigenvalue weighted by Crippen LogP contribution is 2.25. The SMILES string of the molecule is COc1ccc([C@H](CNC(=O)c2cccc(Oc3ccccc3)c2)N2CCOCC2)cc1. The van der Waals surface area contributed by atoms with Gasteiger partial charge in [0.2, 0.25) is 0 Å². The number of carbonyl (C=O) groups is 1. The van der Waals surface area contributed by atoms with Gasteiger partial charge in [-0.05, 0) is 48.0 Å². The number of amides is 1. The molecule has 32 heavy (non-hydrogen) atoms. The molecular weight excluding hydrogens is 404 g/mol. The quantitative estimate of drug-likeness (QED) is 0.575. The first-order valence-electron chi connectivity index (χ1n) is 10.8. The van der Waals surface area contributed by atoms with Crippen molar-refractivity contribution in [1.82, 2.24) is 10.2 Å².